The molecule has 210 valence electrons. The van der Waals surface area contributed by atoms with Crippen molar-refractivity contribution >= 4 is 30.9 Å². The van der Waals surface area contributed by atoms with Gasteiger partial charge in [-0.2, -0.15) is 0 Å². The number of hydrogen-bond acceptors (Lipinski definition) is 12. The first-order chi connectivity index (χ1) is 18.3. The van der Waals surface area contributed by atoms with Crippen molar-refractivity contribution in [3.63, 3.8) is 0 Å². The molecule has 14 heteroatoms. The van der Waals surface area contributed by atoms with Crippen LogP contribution in [0.15, 0.2) is 6.33 Å². The van der Waals surface area contributed by atoms with Gasteiger partial charge in [0.1, 0.15) is 24.7 Å². The molecule has 0 bridgehead atoms. The van der Waals surface area contributed by atoms with E-state index in [1.54, 1.807) is 24.7 Å². The highest BCUT2D eigenvalue weighted by Crippen LogP contribution is 2.49. The second-order valence-corrected chi connectivity index (χ2v) is 12.1. The number of carbonyl (C=O) groups excluding carboxylic acids is 1. The summed E-state index contributed by atoms with van der Waals surface area (Å²) in [5.74, 6) is -0.264. The van der Waals surface area contributed by atoms with Gasteiger partial charge in [-0.05, 0) is 40.5 Å². The number of imidazole rings is 1. The second kappa shape index (κ2) is 11.2. The number of nitrogens with one attached hydrogen (secondary N) is 1. The zero-order chi connectivity index (χ0) is 26.9. The van der Waals surface area contributed by atoms with Crippen LogP contribution >= 0.6 is 7.60 Å². The van der Waals surface area contributed by atoms with Crippen LogP contribution in [0.4, 0.5) is 5.82 Å². The third-order valence-corrected chi connectivity index (χ3v) is 8.62. The highest BCUT2D eigenvalue weighted by Gasteiger charge is 2.56. The van der Waals surface area contributed by atoms with Crippen LogP contribution in [-0.2, 0) is 32.6 Å². The second-order valence-electron chi connectivity index (χ2n) is 10.1. The van der Waals surface area contributed by atoms with E-state index in [0.717, 1.165) is 25.7 Å². The van der Waals surface area contributed by atoms with Crippen molar-refractivity contribution in [1.82, 2.24) is 19.5 Å². The molecule has 0 aromatic carbocycles. The summed E-state index contributed by atoms with van der Waals surface area (Å²) in [7, 11) is -3.38. The first-order valence-corrected chi connectivity index (χ1v) is 14.9. The number of rotatable bonds is 12. The van der Waals surface area contributed by atoms with Gasteiger partial charge in [0.05, 0.1) is 26.1 Å². The monoisotopic (exact) mass is 553 g/mol. The Labute approximate surface area is 221 Å². The normalized spacial score (nSPS) is 27.3. The van der Waals surface area contributed by atoms with Crippen LogP contribution < -0.4 is 5.32 Å². The third kappa shape index (κ3) is 5.65. The van der Waals surface area contributed by atoms with Crippen LogP contribution in [0.3, 0.4) is 0 Å². The van der Waals surface area contributed by atoms with E-state index in [-0.39, 0.29) is 38.0 Å². The van der Waals surface area contributed by atoms with Crippen molar-refractivity contribution < 1.29 is 37.4 Å². The minimum Gasteiger partial charge on any atom is -0.366 e. The smallest absolute Gasteiger partial charge is 0.356 e. The van der Waals surface area contributed by atoms with Crippen LogP contribution in [0.1, 0.15) is 70.2 Å². The van der Waals surface area contributed by atoms with Gasteiger partial charge in [-0.3, -0.25) is 13.9 Å². The Morgan fingerprint density at radius 2 is 1.87 bits per heavy atom. The molecule has 0 radical (unpaired) electrons. The number of ether oxygens (including phenoxy) is 4. The summed E-state index contributed by atoms with van der Waals surface area (Å²) in [5, 5.41) is 3.44. The van der Waals surface area contributed by atoms with E-state index in [1.807, 2.05) is 13.8 Å². The summed E-state index contributed by atoms with van der Waals surface area (Å²) < 4.78 is 49.7. The molecule has 13 nitrogen and oxygen atoms in total. The summed E-state index contributed by atoms with van der Waals surface area (Å²) in [6, 6.07) is 0.281. The number of anilines is 1. The number of carbonyl (C=O) groups is 1. The van der Waals surface area contributed by atoms with Crippen LogP contribution in [-0.4, -0.2) is 82.1 Å². The minimum absolute atomic E-state index is 0.0562. The standard InChI is InChI=1S/C24H36N5O8P/c1-5-33-38(31,34-6-2)14-32-12-16-19-20(37-24(3,4)36-19)23(35-16)29-13-25-18-21(26-15-9-7-8-10-15)27-17(11-30)28-22(18)29/h11,13,15-16,19-20,23H,5-10,12,14H2,1-4H3,(H,26,27,28)/t16-,19-,20-,23-/m1/s1. The van der Waals surface area contributed by atoms with E-state index in [1.165, 1.54) is 0 Å². The van der Waals surface area contributed by atoms with Crippen molar-refractivity contribution in [1.29, 1.82) is 0 Å². The Balaban J connectivity index is 1.39. The summed E-state index contributed by atoms with van der Waals surface area (Å²) in [4.78, 5) is 25.1. The molecular weight excluding hydrogens is 517 g/mol. The van der Waals surface area contributed by atoms with E-state index in [4.69, 9.17) is 28.0 Å². The Bertz CT molecular complexity index is 1180. The maximum absolute atomic E-state index is 12.8. The number of hydrogen-bond donors (Lipinski definition) is 1. The molecule has 0 unspecified atom stereocenters. The lowest BCUT2D eigenvalue weighted by Gasteiger charge is -2.25. The average Bonchev–Trinajstić information content (AvgIpc) is 3.64. The summed E-state index contributed by atoms with van der Waals surface area (Å²) >= 11 is 0. The van der Waals surface area contributed by atoms with Crippen molar-refractivity contribution in [2.75, 3.05) is 31.5 Å². The van der Waals surface area contributed by atoms with E-state index in [2.05, 4.69) is 20.3 Å². The highest BCUT2D eigenvalue weighted by atomic mass is 31.2. The molecular formula is C24H36N5O8P. The van der Waals surface area contributed by atoms with Crippen molar-refractivity contribution in [3.8, 4) is 0 Å². The highest BCUT2D eigenvalue weighted by molar-refractivity contribution is 7.53. The fraction of sp³-hybridized carbons (Fsp3) is 0.750. The molecule has 1 aliphatic carbocycles. The first-order valence-electron chi connectivity index (χ1n) is 13.2. The molecule has 2 aromatic rings. The fourth-order valence-electron chi connectivity index (χ4n) is 5.34. The van der Waals surface area contributed by atoms with Gasteiger partial charge in [0.2, 0.25) is 0 Å². The predicted molar refractivity (Wildman–Crippen MR) is 136 cm³/mol. The molecule has 0 spiro atoms. The molecule has 2 aromatic heterocycles. The van der Waals surface area contributed by atoms with E-state index >= 15 is 0 Å². The van der Waals surface area contributed by atoms with Gasteiger partial charge < -0.3 is 33.3 Å². The van der Waals surface area contributed by atoms with E-state index in [9.17, 15) is 9.36 Å². The topological polar surface area (TPSA) is 145 Å². The van der Waals surface area contributed by atoms with Crippen LogP contribution in [0.25, 0.3) is 11.2 Å². The molecule has 1 saturated carbocycles. The van der Waals surface area contributed by atoms with Gasteiger partial charge in [-0.25, -0.2) is 15.0 Å². The molecule has 4 heterocycles. The Kier molecular flexibility index (Phi) is 8.16. The Morgan fingerprint density at radius 3 is 2.55 bits per heavy atom. The quantitative estimate of drug-likeness (QED) is 0.302. The Hall–Kier alpha value is -1.99. The average molecular weight is 554 g/mol. The molecule has 5 rings (SSSR count). The largest absolute Gasteiger partial charge is 0.366 e. The van der Waals surface area contributed by atoms with Crippen molar-refractivity contribution in [3.05, 3.63) is 12.2 Å². The number of aldehydes is 1. The predicted octanol–water partition coefficient (Wildman–Crippen LogP) is 3.65. The molecule has 4 atom stereocenters. The molecule has 2 aliphatic heterocycles. The lowest BCUT2D eigenvalue weighted by molar-refractivity contribution is -0.201. The van der Waals surface area contributed by atoms with Crippen molar-refractivity contribution in [2.45, 2.75) is 89.7 Å². The summed E-state index contributed by atoms with van der Waals surface area (Å²) in [5.41, 5.74) is 1.01. The van der Waals surface area contributed by atoms with E-state index in [0.29, 0.717) is 23.3 Å². The van der Waals surface area contributed by atoms with Gasteiger partial charge in [-0.1, -0.05) is 12.8 Å². The van der Waals surface area contributed by atoms with Crippen molar-refractivity contribution in [2.24, 2.45) is 0 Å². The van der Waals surface area contributed by atoms with Crippen LogP contribution in [0.2, 0.25) is 0 Å². The zero-order valence-corrected chi connectivity index (χ0v) is 23.1. The number of aromatic nitrogens is 4. The zero-order valence-electron chi connectivity index (χ0n) is 22.2. The maximum atomic E-state index is 12.8. The molecule has 2 saturated heterocycles. The lowest BCUT2D eigenvalue weighted by atomic mass is 10.1. The molecule has 0 amide bonds. The SMILES string of the molecule is CCOP(=O)(COC[C@H]1O[C@@H](n2cnc3c(NC4CCCC4)nc(C=O)nc32)[C@@H]2OC(C)(C)O[C@@H]21)OCC. The number of fused-ring (bicyclic) bond motifs is 2. The van der Waals surface area contributed by atoms with Crippen LogP contribution in [0, 0.1) is 0 Å². The fourth-order valence-corrected chi connectivity index (χ4v) is 6.68. The lowest BCUT2D eigenvalue weighted by Crippen LogP contribution is -2.33. The van der Waals surface area contributed by atoms with Gasteiger partial charge in [0.25, 0.3) is 0 Å². The van der Waals surface area contributed by atoms with Gasteiger partial charge in [0.15, 0.2) is 41.1 Å². The Morgan fingerprint density at radius 1 is 1.16 bits per heavy atom. The van der Waals surface area contributed by atoms with Crippen LogP contribution in [0.5, 0.6) is 0 Å². The van der Waals surface area contributed by atoms with Gasteiger partial charge >= 0.3 is 7.60 Å². The first kappa shape index (κ1) is 27.6. The maximum Gasteiger partial charge on any atom is 0.356 e. The molecule has 3 aliphatic rings. The van der Waals surface area contributed by atoms with Gasteiger partial charge in [-0.15, -0.1) is 0 Å². The summed E-state index contributed by atoms with van der Waals surface area (Å²) in [6.45, 7) is 7.73. The number of nitrogens with zero attached hydrogens (tertiary/aromatic N) is 4. The van der Waals surface area contributed by atoms with Gasteiger partial charge in [0, 0.05) is 6.04 Å². The molecule has 3 fully saturated rings. The third-order valence-electron chi connectivity index (χ3n) is 6.82. The summed E-state index contributed by atoms with van der Waals surface area (Å²) in [6.07, 6.45) is 4.27. The minimum atomic E-state index is -3.38. The van der Waals surface area contributed by atoms with E-state index < -0.39 is 37.9 Å². The molecule has 38 heavy (non-hydrogen) atoms. The molecule has 1 N–H and O–H groups in total.